The predicted molar refractivity (Wildman–Crippen MR) is 118 cm³/mol. The topological polar surface area (TPSA) is 106 Å². The fraction of sp³-hybridized carbons (Fsp3) is 0.417. The van der Waals surface area contributed by atoms with Crippen LogP contribution in [0.1, 0.15) is 48.5 Å². The van der Waals surface area contributed by atoms with Gasteiger partial charge in [0, 0.05) is 12.1 Å². The molecule has 8 nitrogen and oxygen atoms in total. The first-order valence-corrected chi connectivity index (χ1v) is 11.0. The Kier molecular flexibility index (Phi) is 7.98. The molecule has 1 N–H and O–H groups in total. The Balaban J connectivity index is 2.00. The summed E-state index contributed by atoms with van der Waals surface area (Å²) in [7, 11) is 1.09. The van der Waals surface area contributed by atoms with E-state index in [0.29, 0.717) is 18.8 Å². The molecule has 11 heteroatoms. The molecule has 1 aromatic carbocycles. The van der Waals surface area contributed by atoms with E-state index >= 15 is 0 Å². The minimum absolute atomic E-state index is 0.0349. The highest BCUT2D eigenvalue weighted by Gasteiger charge is 2.36. The summed E-state index contributed by atoms with van der Waals surface area (Å²) < 4.78 is 50.0. The Morgan fingerprint density at radius 2 is 1.83 bits per heavy atom. The maximum absolute atomic E-state index is 13.3. The van der Waals surface area contributed by atoms with E-state index in [4.69, 9.17) is 9.47 Å². The number of esters is 1. The molecular weight excluding hydrogens is 469 g/mol. The first kappa shape index (κ1) is 26.0. The second-order valence-corrected chi connectivity index (χ2v) is 8.40. The molecule has 0 saturated heterocycles. The van der Waals surface area contributed by atoms with E-state index in [-0.39, 0.29) is 17.0 Å². The van der Waals surface area contributed by atoms with E-state index in [1.54, 1.807) is 0 Å². The molecule has 3 rings (SSSR count). The van der Waals surface area contributed by atoms with Gasteiger partial charge in [-0.05, 0) is 61.9 Å². The van der Waals surface area contributed by atoms with Gasteiger partial charge in [0.15, 0.2) is 0 Å². The molecule has 35 heavy (non-hydrogen) atoms. The normalized spacial score (nSPS) is 18.0. The number of hydrogen-bond acceptors (Lipinski definition) is 6. The van der Waals surface area contributed by atoms with Crippen molar-refractivity contribution in [2.75, 3.05) is 18.6 Å². The number of alkyl halides is 3. The van der Waals surface area contributed by atoms with E-state index in [0.717, 1.165) is 49.2 Å². The van der Waals surface area contributed by atoms with Crippen LogP contribution in [0, 0.1) is 11.8 Å². The molecule has 0 spiro atoms. The monoisotopic (exact) mass is 494 g/mol. The summed E-state index contributed by atoms with van der Waals surface area (Å²) in [5, 5.41) is 9.43. The van der Waals surface area contributed by atoms with Gasteiger partial charge in [-0.3, -0.25) is 9.59 Å². The highest BCUT2D eigenvalue weighted by Crippen LogP contribution is 2.38. The summed E-state index contributed by atoms with van der Waals surface area (Å²) >= 11 is 0. The summed E-state index contributed by atoms with van der Waals surface area (Å²) in [6.45, 7) is 1.38. The number of carboxylic acids is 1. The number of carbonyl (C=O) groups is 3. The maximum atomic E-state index is 13.3. The number of amides is 1. The lowest BCUT2D eigenvalue weighted by Gasteiger charge is -2.31. The van der Waals surface area contributed by atoms with Gasteiger partial charge in [-0.2, -0.15) is 13.2 Å². The molecule has 0 atom stereocenters. The Bertz CT molecular complexity index is 1100. The molecule has 1 aromatic heterocycles. The van der Waals surface area contributed by atoms with Crippen molar-refractivity contribution in [3.8, 4) is 11.6 Å². The highest BCUT2D eigenvalue weighted by molar-refractivity contribution is 6.05. The van der Waals surface area contributed by atoms with Crippen molar-refractivity contribution >= 4 is 23.5 Å². The average molecular weight is 494 g/mol. The lowest BCUT2D eigenvalue weighted by Crippen LogP contribution is -2.41. The van der Waals surface area contributed by atoms with Crippen LogP contribution >= 0.6 is 0 Å². The van der Waals surface area contributed by atoms with Crippen LogP contribution in [0.5, 0.6) is 11.6 Å². The average Bonchev–Trinajstić information content (AvgIpc) is 2.82. The number of aromatic nitrogens is 1. The Morgan fingerprint density at radius 1 is 1.14 bits per heavy atom. The van der Waals surface area contributed by atoms with Crippen molar-refractivity contribution in [1.29, 1.82) is 0 Å². The zero-order chi connectivity index (χ0) is 25.8. The van der Waals surface area contributed by atoms with Gasteiger partial charge in [0.2, 0.25) is 11.8 Å². The first-order valence-electron chi connectivity index (χ1n) is 11.0. The largest absolute Gasteiger partial charge is 0.480 e. The van der Waals surface area contributed by atoms with Gasteiger partial charge in [0.05, 0.1) is 18.4 Å². The fourth-order valence-electron chi connectivity index (χ4n) is 4.03. The molecule has 0 aliphatic heterocycles. The maximum Gasteiger partial charge on any atom is 0.421 e. The number of methoxy groups -OCH3 is 1. The fourth-order valence-corrected chi connectivity index (χ4v) is 4.03. The molecular formula is C24H25F3N2O6. The van der Waals surface area contributed by atoms with Gasteiger partial charge in [-0.1, -0.05) is 6.92 Å². The van der Waals surface area contributed by atoms with Crippen molar-refractivity contribution in [3.05, 3.63) is 47.7 Å². The van der Waals surface area contributed by atoms with Crippen molar-refractivity contribution in [3.63, 3.8) is 0 Å². The van der Waals surface area contributed by atoms with Gasteiger partial charge in [0.25, 0.3) is 0 Å². The molecule has 1 heterocycles. The highest BCUT2D eigenvalue weighted by atomic mass is 19.4. The number of ether oxygens (including phenoxy) is 2. The summed E-state index contributed by atoms with van der Waals surface area (Å²) in [5.74, 6) is -3.49. The van der Waals surface area contributed by atoms with Gasteiger partial charge in [0.1, 0.15) is 17.9 Å². The Morgan fingerprint density at radius 3 is 2.43 bits per heavy atom. The number of carboxylic acid groups (broad SMARTS) is 1. The molecule has 1 aliphatic carbocycles. The quantitative estimate of drug-likeness (QED) is 0.545. The Labute approximate surface area is 199 Å². The van der Waals surface area contributed by atoms with Crippen LogP contribution in [-0.2, 0) is 20.5 Å². The van der Waals surface area contributed by atoms with Crippen LogP contribution in [-0.4, -0.2) is 41.6 Å². The molecule has 0 radical (unpaired) electrons. The molecule has 1 aliphatic rings. The Hall–Kier alpha value is -3.63. The standard InChI is InChI=1S/C24H25F3N2O6/c1-14-5-7-15(8-6-14)22(32)29(13-20(30)31)19-10-9-16(12-17(19)23(33)34-2)35-21-18(24(25,26)27)4-3-11-28-21/h3-4,9-12,14-15H,5-8,13H2,1-2H3,(H,30,31)/t14-,15-. The number of rotatable bonds is 7. The number of hydrogen-bond donors (Lipinski definition) is 1. The predicted octanol–water partition coefficient (Wildman–Crippen LogP) is 4.92. The minimum atomic E-state index is -4.73. The van der Waals surface area contributed by atoms with Crippen LogP contribution in [0.4, 0.5) is 18.9 Å². The molecule has 0 bridgehead atoms. The molecule has 1 fully saturated rings. The molecule has 188 valence electrons. The third-order valence-electron chi connectivity index (χ3n) is 5.88. The molecule has 1 amide bonds. The number of anilines is 1. The third kappa shape index (κ3) is 6.28. The zero-order valence-corrected chi connectivity index (χ0v) is 19.2. The SMILES string of the molecule is COC(=O)c1cc(Oc2ncccc2C(F)(F)F)ccc1N(CC(=O)O)C(=O)[C@H]1CC[C@H](C)CC1. The summed E-state index contributed by atoms with van der Waals surface area (Å²) in [5.41, 5.74) is -1.38. The zero-order valence-electron chi connectivity index (χ0n) is 19.2. The van der Waals surface area contributed by atoms with Gasteiger partial charge < -0.3 is 19.5 Å². The van der Waals surface area contributed by atoms with Crippen LogP contribution in [0.15, 0.2) is 36.5 Å². The second kappa shape index (κ2) is 10.7. The third-order valence-corrected chi connectivity index (χ3v) is 5.88. The van der Waals surface area contributed by atoms with E-state index in [1.807, 2.05) is 0 Å². The van der Waals surface area contributed by atoms with Gasteiger partial charge in [-0.15, -0.1) is 0 Å². The number of carbonyl (C=O) groups excluding carboxylic acids is 2. The van der Waals surface area contributed by atoms with Crippen LogP contribution in [0.3, 0.4) is 0 Å². The lowest BCUT2D eigenvalue weighted by molar-refractivity contribution is -0.139. The first-order chi connectivity index (χ1) is 16.5. The van der Waals surface area contributed by atoms with Crippen LogP contribution in [0.25, 0.3) is 0 Å². The van der Waals surface area contributed by atoms with Gasteiger partial charge >= 0.3 is 18.1 Å². The van der Waals surface area contributed by atoms with E-state index in [1.165, 1.54) is 12.1 Å². The summed E-state index contributed by atoms with van der Waals surface area (Å²) in [4.78, 5) is 42.0. The number of aliphatic carboxylic acids is 1. The van der Waals surface area contributed by atoms with Crippen molar-refractivity contribution in [1.82, 2.24) is 4.98 Å². The lowest BCUT2D eigenvalue weighted by atomic mass is 9.82. The van der Waals surface area contributed by atoms with Crippen molar-refractivity contribution in [2.24, 2.45) is 11.8 Å². The number of benzene rings is 1. The second-order valence-electron chi connectivity index (χ2n) is 8.40. The number of pyridine rings is 1. The van der Waals surface area contributed by atoms with E-state index in [9.17, 15) is 32.7 Å². The van der Waals surface area contributed by atoms with E-state index in [2.05, 4.69) is 11.9 Å². The smallest absolute Gasteiger partial charge is 0.421 e. The number of nitrogens with zero attached hydrogens (tertiary/aromatic N) is 2. The minimum Gasteiger partial charge on any atom is -0.480 e. The number of halogens is 3. The molecule has 1 saturated carbocycles. The van der Waals surface area contributed by atoms with E-state index < -0.39 is 47.9 Å². The van der Waals surface area contributed by atoms with Crippen molar-refractivity contribution < 1.29 is 42.1 Å². The van der Waals surface area contributed by atoms with Crippen molar-refractivity contribution in [2.45, 2.75) is 38.8 Å². The van der Waals surface area contributed by atoms with Crippen LogP contribution in [0.2, 0.25) is 0 Å². The summed E-state index contributed by atoms with van der Waals surface area (Å²) in [6, 6.07) is 5.50. The van der Waals surface area contributed by atoms with Gasteiger partial charge in [-0.25, -0.2) is 9.78 Å². The molecule has 0 unspecified atom stereocenters. The molecule has 2 aromatic rings. The summed E-state index contributed by atoms with van der Waals surface area (Å²) in [6.07, 6.45) is -0.788. The van der Waals surface area contributed by atoms with Crippen LogP contribution < -0.4 is 9.64 Å².